The van der Waals surface area contributed by atoms with Crippen LogP contribution in [0.15, 0.2) is 18.2 Å². The number of carbonyl (C=O) groups is 2. The van der Waals surface area contributed by atoms with E-state index < -0.39 is 27.7 Å². The third-order valence-electron chi connectivity index (χ3n) is 2.42. The monoisotopic (exact) mass is 316 g/mol. The Morgan fingerprint density at radius 3 is 2.62 bits per heavy atom. The summed E-state index contributed by atoms with van der Waals surface area (Å²) in [5, 5.41) is 9.01. The van der Waals surface area contributed by atoms with E-state index in [9.17, 15) is 18.0 Å². The van der Waals surface area contributed by atoms with E-state index in [1.807, 2.05) is 0 Å². The van der Waals surface area contributed by atoms with Gasteiger partial charge >= 0.3 is 11.9 Å². The molecule has 1 aromatic carbocycles. The Balaban J connectivity index is 2.85. The molecule has 0 unspecified atom stereocenters. The van der Waals surface area contributed by atoms with Crippen molar-refractivity contribution in [1.82, 2.24) is 0 Å². The molecule has 0 bridgehead atoms. The molecule has 116 valence electrons. The number of nitrogens with one attached hydrogen (secondary N) is 1. The molecule has 1 aromatic rings. The van der Waals surface area contributed by atoms with Crippen LogP contribution in [0, 0.1) is 0 Å². The number of sulfonamides is 1. The van der Waals surface area contributed by atoms with Crippen molar-refractivity contribution in [3.05, 3.63) is 23.8 Å². The number of esters is 1. The molecule has 0 spiro atoms. The second kappa shape index (κ2) is 6.93. The fourth-order valence-electron chi connectivity index (χ4n) is 1.50. The van der Waals surface area contributed by atoms with Gasteiger partial charge in [-0.15, -0.1) is 0 Å². The number of hydrogen-bond donors (Lipinski definition) is 3. The Morgan fingerprint density at radius 1 is 1.38 bits per heavy atom. The number of aromatic carboxylic acids is 1. The van der Waals surface area contributed by atoms with Crippen molar-refractivity contribution in [2.24, 2.45) is 0 Å². The molecule has 0 aromatic heterocycles. The average Bonchev–Trinajstić information content (AvgIpc) is 2.38. The standard InChI is InChI=1S/C12H16N2O6S/c1-2-20-11(15)5-6-21(18,19)14-10-4-3-8(13)7-9(10)12(16)17/h3-4,7,14H,2,5-6,13H2,1H3,(H,16,17). The summed E-state index contributed by atoms with van der Waals surface area (Å²) >= 11 is 0. The molecule has 0 radical (unpaired) electrons. The first-order valence-corrected chi connectivity index (χ1v) is 7.69. The number of anilines is 2. The summed E-state index contributed by atoms with van der Waals surface area (Å²) in [4.78, 5) is 22.2. The number of rotatable bonds is 7. The highest BCUT2D eigenvalue weighted by molar-refractivity contribution is 7.92. The minimum Gasteiger partial charge on any atom is -0.478 e. The molecule has 0 saturated heterocycles. The average molecular weight is 316 g/mol. The Hall–Kier alpha value is -2.29. The van der Waals surface area contributed by atoms with E-state index in [0.29, 0.717) is 0 Å². The molecule has 8 nitrogen and oxygen atoms in total. The van der Waals surface area contributed by atoms with Gasteiger partial charge in [-0.25, -0.2) is 13.2 Å². The maximum atomic E-state index is 11.8. The Morgan fingerprint density at radius 2 is 2.05 bits per heavy atom. The minimum absolute atomic E-state index is 0.111. The van der Waals surface area contributed by atoms with E-state index >= 15 is 0 Å². The maximum Gasteiger partial charge on any atom is 0.337 e. The summed E-state index contributed by atoms with van der Waals surface area (Å²) < 4.78 is 30.4. The van der Waals surface area contributed by atoms with Crippen LogP contribution in [0.1, 0.15) is 23.7 Å². The predicted octanol–water partition coefficient (Wildman–Crippen LogP) is 0.662. The van der Waals surface area contributed by atoms with E-state index in [-0.39, 0.29) is 30.0 Å². The highest BCUT2D eigenvalue weighted by Gasteiger charge is 2.18. The SMILES string of the molecule is CCOC(=O)CCS(=O)(=O)Nc1ccc(N)cc1C(=O)O. The van der Waals surface area contributed by atoms with Gasteiger partial charge in [0.15, 0.2) is 0 Å². The number of carboxylic acid groups (broad SMARTS) is 1. The molecule has 0 amide bonds. The van der Waals surface area contributed by atoms with Crippen LogP contribution in [0.4, 0.5) is 11.4 Å². The number of hydrogen-bond acceptors (Lipinski definition) is 6. The minimum atomic E-state index is -3.87. The number of carboxylic acids is 1. The quantitative estimate of drug-likeness (QED) is 0.496. The van der Waals surface area contributed by atoms with Crippen LogP contribution < -0.4 is 10.5 Å². The van der Waals surface area contributed by atoms with Gasteiger partial charge in [0.1, 0.15) is 0 Å². The first-order valence-electron chi connectivity index (χ1n) is 6.04. The lowest BCUT2D eigenvalue weighted by Gasteiger charge is -2.11. The van der Waals surface area contributed by atoms with Crippen LogP contribution in [-0.2, 0) is 19.6 Å². The largest absolute Gasteiger partial charge is 0.478 e. The zero-order valence-electron chi connectivity index (χ0n) is 11.3. The molecule has 0 atom stereocenters. The van der Waals surface area contributed by atoms with E-state index in [1.165, 1.54) is 12.1 Å². The normalized spacial score (nSPS) is 10.9. The maximum absolute atomic E-state index is 11.8. The zero-order valence-corrected chi connectivity index (χ0v) is 12.1. The number of nitrogen functional groups attached to an aromatic ring is 1. The van der Waals surface area contributed by atoms with Gasteiger partial charge in [-0.2, -0.15) is 0 Å². The molecule has 21 heavy (non-hydrogen) atoms. The van der Waals surface area contributed by atoms with Gasteiger partial charge in [0.2, 0.25) is 10.0 Å². The van der Waals surface area contributed by atoms with Crippen molar-refractivity contribution in [2.45, 2.75) is 13.3 Å². The number of ether oxygens (including phenoxy) is 1. The van der Waals surface area contributed by atoms with Gasteiger partial charge in [-0.05, 0) is 25.1 Å². The smallest absolute Gasteiger partial charge is 0.337 e. The molecular weight excluding hydrogens is 300 g/mol. The summed E-state index contributed by atoms with van der Waals surface area (Å²) in [5.41, 5.74) is 5.28. The van der Waals surface area contributed by atoms with Crippen molar-refractivity contribution in [1.29, 1.82) is 0 Å². The van der Waals surface area contributed by atoms with E-state index in [1.54, 1.807) is 6.92 Å². The van der Waals surface area contributed by atoms with E-state index in [2.05, 4.69) is 9.46 Å². The van der Waals surface area contributed by atoms with Crippen molar-refractivity contribution >= 4 is 33.3 Å². The highest BCUT2D eigenvalue weighted by Crippen LogP contribution is 2.20. The molecule has 0 aliphatic heterocycles. The Bertz CT molecular complexity index is 641. The predicted molar refractivity (Wildman–Crippen MR) is 76.5 cm³/mol. The van der Waals surface area contributed by atoms with Gasteiger partial charge in [0, 0.05) is 5.69 Å². The van der Waals surface area contributed by atoms with Crippen molar-refractivity contribution in [3.63, 3.8) is 0 Å². The fraction of sp³-hybridized carbons (Fsp3) is 0.333. The molecule has 1 rings (SSSR count). The topological polar surface area (TPSA) is 136 Å². The second-order valence-corrected chi connectivity index (χ2v) is 5.93. The summed E-state index contributed by atoms with van der Waals surface area (Å²) in [6.07, 6.45) is -0.319. The molecule has 4 N–H and O–H groups in total. The number of nitrogens with two attached hydrogens (primary N) is 1. The van der Waals surface area contributed by atoms with Gasteiger partial charge in [-0.1, -0.05) is 0 Å². The zero-order chi connectivity index (χ0) is 16.0. The number of carbonyl (C=O) groups excluding carboxylic acids is 1. The molecule has 0 saturated carbocycles. The van der Waals surface area contributed by atoms with Crippen LogP contribution in [-0.4, -0.2) is 37.8 Å². The van der Waals surface area contributed by atoms with Crippen LogP contribution in [0.25, 0.3) is 0 Å². The van der Waals surface area contributed by atoms with Crippen molar-refractivity contribution in [2.75, 3.05) is 22.8 Å². The molecule has 0 fully saturated rings. The van der Waals surface area contributed by atoms with E-state index in [0.717, 1.165) is 6.07 Å². The first-order chi connectivity index (χ1) is 9.75. The molecule has 9 heteroatoms. The molecule has 0 heterocycles. The lowest BCUT2D eigenvalue weighted by Crippen LogP contribution is -2.21. The van der Waals surface area contributed by atoms with Gasteiger partial charge in [0.05, 0.1) is 30.0 Å². The fourth-order valence-corrected chi connectivity index (χ4v) is 2.55. The number of benzene rings is 1. The molecule has 0 aliphatic carbocycles. The van der Waals surface area contributed by atoms with Crippen LogP contribution in [0.5, 0.6) is 0 Å². The summed E-state index contributed by atoms with van der Waals surface area (Å²) in [6, 6.07) is 3.77. The summed E-state index contributed by atoms with van der Waals surface area (Å²) in [7, 11) is -3.87. The van der Waals surface area contributed by atoms with Crippen LogP contribution in [0.3, 0.4) is 0 Å². The van der Waals surface area contributed by atoms with E-state index in [4.69, 9.17) is 10.8 Å². The van der Waals surface area contributed by atoms with Crippen LogP contribution >= 0.6 is 0 Å². The van der Waals surface area contributed by atoms with Crippen molar-refractivity contribution < 1.29 is 27.9 Å². The lowest BCUT2D eigenvalue weighted by molar-refractivity contribution is -0.142. The molecule has 0 aliphatic rings. The first kappa shape index (κ1) is 16.8. The molecular formula is C12H16N2O6S. The third-order valence-corrected chi connectivity index (χ3v) is 3.69. The van der Waals surface area contributed by atoms with Gasteiger partial charge in [-0.3, -0.25) is 9.52 Å². The second-order valence-electron chi connectivity index (χ2n) is 4.09. The summed E-state index contributed by atoms with van der Waals surface area (Å²) in [6.45, 7) is 1.77. The van der Waals surface area contributed by atoms with Gasteiger partial charge < -0.3 is 15.6 Å². The summed E-state index contributed by atoms with van der Waals surface area (Å²) in [5.74, 6) is -2.46. The lowest BCUT2D eigenvalue weighted by atomic mass is 10.1. The highest BCUT2D eigenvalue weighted by atomic mass is 32.2. The third kappa shape index (κ3) is 5.30. The Kier molecular flexibility index (Phi) is 5.53. The van der Waals surface area contributed by atoms with Crippen LogP contribution in [0.2, 0.25) is 0 Å². The van der Waals surface area contributed by atoms with Crippen molar-refractivity contribution in [3.8, 4) is 0 Å². The Labute approximate surface area is 122 Å². The van der Waals surface area contributed by atoms with Gasteiger partial charge in [0.25, 0.3) is 0 Å².